The summed E-state index contributed by atoms with van der Waals surface area (Å²) in [6.07, 6.45) is 4.75. The van der Waals surface area contributed by atoms with E-state index in [9.17, 15) is 14.3 Å². The molecule has 0 radical (unpaired) electrons. The number of hydrogen-bond donors (Lipinski definition) is 1. The second-order valence-electron chi connectivity index (χ2n) is 6.58. The van der Waals surface area contributed by atoms with E-state index in [2.05, 4.69) is 15.9 Å². The van der Waals surface area contributed by atoms with Crippen LogP contribution in [0.5, 0.6) is 5.75 Å². The maximum absolute atomic E-state index is 13.5. The smallest absolute Gasteiger partial charge is 0.189 e. The van der Waals surface area contributed by atoms with E-state index < -0.39 is 11.6 Å². The number of carbonyl (C=O) groups is 1. The number of halogens is 2. The molecule has 0 aliphatic rings. The molecule has 0 fully saturated rings. The van der Waals surface area contributed by atoms with Gasteiger partial charge in [-0.1, -0.05) is 46.3 Å². The summed E-state index contributed by atoms with van der Waals surface area (Å²) < 4.78 is 16.2. The second-order valence-corrected chi connectivity index (χ2v) is 7.49. The molecule has 0 aliphatic carbocycles. The second kappa shape index (κ2) is 8.47. The predicted octanol–water partition coefficient (Wildman–Crippen LogP) is 6.04. The molecule has 1 aromatic heterocycles. The van der Waals surface area contributed by atoms with Gasteiger partial charge in [-0.05, 0) is 54.6 Å². The minimum absolute atomic E-state index is 0.0908. The normalized spacial score (nSPS) is 11.1. The number of benzene rings is 3. The molecule has 1 heterocycles. The van der Waals surface area contributed by atoms with Gasteiger partial charge in [-0.2, -0.15) is 5.10 Å². The third kappa shape index (κ3) is 4.23. The van der Waals surface area contributed by atoms with Crippen LogP contribution in [-0.4, -0.2) is 20.7 Å². The number of carbonyl (C=O) groups excluding carboxylic acids is 1. The third-order valence-electron chi connectivity index (χ3n) is 4.52. The number of hydrogen-bond acceptors (Lipinski definition) is 3. The third-order valence-corrected chi connectivity index (χ3v) is 5.05. The molecule has 148 valence electrons. The van der Waals surface area contributed by atoms with Crippen molar-refractivity contribution in [2.45, 2.75) is 0 Å². The fourth-order valence-corrected chi connectivity index (χ4v) is 3.28. The minimum Gasteiger partial charge on any atom is -0.507 e. The SMILES string of the molecule is O=C(/C=C/c1cn(-c2ccccc2)nc1-c1ccc(Br)cc1)c1cc(F)ccc1O. The lowest BCUT2D eigenvalue weighted by molar-refractivity contribution is 0.104. The van der Waals surface area contributed by atoms with Crippen molar-refractivity contribution < 1.29 is 14.3 Å². The first-order valence-corrected chi connectivity index (χ1v) is 9.92. The standard InChI is InChI=1S/C24H16BrFN2O2/c25-18-9-6-16(7-10-18)24-17(15-28(27-24)20-4-2-1-3-5-20)8-12-22(29)21-14-19(26)11-13-23(21)30/h1-15,30H/b12-8+. The highest BCUT2D eigenvalue weighted by Crippen LogP contribution is 2.27. The van der Waals surface area contributed by atoms with Crippen LogP contribution in [0.3, 0.4) is 0 Å². The maximum Gasteiger partial charge on any atom is 0.189 e. The lowest BCUT2D eigenvalue weighted by atomic mass is 10.1. The van der Waals surface area contributed by atoms with Crippen molar-refractivity contribution >= 4 is 27.8 Å². The molecule has 1 N–H and O–H groups in total. The highest BCUT2D eigenvalue weighted by Gasteiger charge is 2.13. The van der Waals surface area contributed by atoms with Crippen molar-refractivity contribution in [3.8, 4) is 22.7 Å². The molecule has 0 bridgehead atoms. The molecule has 3 aromatic carbocycles. The van der Waals surface area contributed by atoms with Gasteiger partial charge in [-0.25, -0.2) is 9.07 Å². The van der Waals surface area contributed by atoms with Crippen LogP contribution in [0.2, 0.25) is 0 Å². The molecule has 0 spiro atoms. The van der Waals surface area contributed by atoms with Gasteiger partial charge in [0.25, 0.3) is 0 Å². The summed E-state index contributed by atoms with van der Waals surface area (Å²) in [6, 6.07) is 20.6. The summed E-state index contributed by atoms with van der Waals surface area (Å²) in [6.45, 7) is 0. The van der Waals surface area contributed by atoms with Crippen molar-refractivity contribution in [3.05, 3.63) is 106 Å². The lowest BCUT2D eigenvalue weighted by Gasteiger charge is -2.01. The highest BCUT2D eigenvalue weighted by molar-refractivity contribution is 9.10. The molecular formula is C24H16BrFN2O2. The fraction of sp³-hybridized carbons (Fsp3) is 0. The van der Waals surface area contributed by atoms with E-state index in [1.807, 2.05) is 60.8 Å². The molecule has 0 amide bonds. The first kappa shape index (κ1) is 19.8. The van der Waals surface area contributed by atoms with Crippen LogP contribution < -0.4 is 0 Å². The van der Waals surface area contributed by atoms with Gasteiger partial charge in [0, 0.05) is 21.8 Å². The molecule has 0 saturated heterocycles. The number of aromatic hydroxyl groups is 1. The summed E-state index contributed by atoms with van der Waals surface area (Å²) in [7, 11) is 0. The number of nitrogens with zero attached hydrogens (tertiary/aromatic N) is 2. The Balaban J connectivity index is 1.75. The van der Waals surface area contributed by atoms with Gasteiger partial charge in [0.1, 0.15) is 11.6 Å². The average Bonchev–Trinajstić information content (AvgIpc) is 3.19. The van der Waals surface area contributed by atoms with Gasteiger partial charge >= 0.3 is 0 Å². The molecule has 0 unspecified atom stereocenters. The van der Waals surface area contributed by atoms with E-state index in [1.165, 1.54) is 6.08 Å². The summed E-state index contributed by atoms with van der Waals surface area (Å²) in [5, 5.41) is 14.6. The topological polar surface area (TPSA) is 55.1 Å². The van der Waals surface area contributed by atoms with E-state index >= 15 is 0 Å². The Morgan fingerprint density at radius 2 is 1.77 bits per heavy atom. The number of allylic oxidation sites excluding steroid dienone is 1. The average molecular weight is 463 g/mol. The van der Waals surface area contributed by atoms with Crippen LogP contribution in [0.4, 0.5) is 4.39 Å². The quantitative estimate of drug-likeness (QED) is 0.290. The highest BCUT2D eigenvalue weighted by atomic mass is 79.9. The molecule has 4 aromatic rings. The van der Waals surface area contributed by atoms with E-state index in [4.69, 9.17) is 5.10 Å². The van der Waals surface area contributed by atoms with Crippen LogP contribution >= 0.6 is 15.9 Å². The van der Waals surface area contributed by atoms with Crippen LogP contribution in [-0.2, 0) is 0 Å². The zero-order valence-corrected chi connectivity index (χ0v) is 17.3. The number of rotatable bonds is 5. The van der Waals surface area contributed by atoms with Crippen molar-refractivity contribution in [2.24, 2.45) is 0 Å². The Kier molecular flexibility index (Phi) is 5.59. The van der Waals surface area contributed by atoms with Crippen molar-refractivity contribution in [2.75, 3.05) is 0 Å². The molecule has 30 heavy (non-hydrogen) atoms. The predicted molar refractivity (Wildman–Crippen MR) is 118 cm³/mol. The fourth-order valence-electron chi connectivity index (χ4n) is 3.02. The summed E-state index contributed by atoms with van der Waals surface area (Å²) in [5.41, 5.74) is 3.08. The number of ketones is 1. The maximum atomic E-state index is 13.5. The van der Waals surface area contributed by atoms with Gasteiger partial charge < -0.3 is 5.11 Å². The first-order chi connectivity index (χ1) is 14.5. The van der Waals surface area contributed by atoms with Crippen LogP contribution in [0.1, 0.15) is 15.9 Å². The van der Waals surface area contributed by atoms with Gasteiger partial charge in [0.15, 0.2) is 5.78 Å². The summed E-state index contributed by atoms with van der Waals surface area (Å²) in [4.78, 5) is 12.5. The van der Waals surface area contributed by atoms with E-state index in [0.29, 0.717) is 11.3 Å². The largest absolute Gasteiger partial charge is 0.507 e. The van der Waals surface area contributed by atoms with Gasteiger partial charge in [-0.15, -0.1) is 0 Å². The monoisotopic (exact) mass is 462 g/mol. The number of phenolic OH excluding ortho intramolecular Hbond substituents is 1. The molecule has 4 nitrogen and oxygen atoms in total. The van der Waals surface area contributed by atoms with Crippen molar-refractivity contribution in [1.29, 1.82) is 0 Å². The Morgan fingerprint density at radius 3 is 2.50 bits per heavy atom. The van der Waals surface area contributed by atoms with Gasteiger partial charge in [0.2, 0.25) is 0 Å². The van der Waals surface area contributed by atoms with E-state index in [1.54, 1.807) is 10.8 Å². The summed E-state index contributed by atoms with van der Waals surface area (Å²) in [5.74, 6) is -1.35. The molecule has 6 heteroatoms. The molecular weight excluding hydrogens is 447 g/mol. The number of phenols is 1. The van der Waals surface area contributed by atoms with Crippen LogP contribution in [0.25, 0.3) is 23.0 Å². The Morgan fingerprint density at radius 1 is 1.03 bits per heavy atom. The number of para-hydroxylation sites is 1. The van der Waals surface area contributed by atoms with Crippen molar-refractivity contribution in [1.82, 2.24) is 9.78 Å². The molecule has 0 aliphatic heterocycles. The Labute approximate surface area is 181 Å². The lowest BCUT2D eigenvalue weighted by Crippen LogP contribution is -1.96. The molecule has 4 rings (SSSR count). The summed E-state index contributed by atoms with van der Waals surface area (Å²) >= 11 is 3.43. The van der Waals surface area contributed by atoms with Gasteiger partial charge in [-0.3, -0.25) is 4.79 Å². The number of aromatic nitrogens is 2. The van der Waals surface area contributed by atoms with Gasteiger partial charge in [0.05, 0.1) is 16.9 Å². The zero-order valence-electron chi connectivity index (χ0n) is 15.7. The molecule has 0 saturated carbocycles. The molecule has 0 atom stereocenters. The van der Waals surface area contributed by atoms with Crippen molar-refractivity contribution in [3.63, 3.8) is 0 Å². The first-order valence-electron chi connectivity index (χ1n) is 9.13. The Hall–Kier alpha value is -3.51. The Bertz CT molecular complexity index is 1230. The zero-order chi connectivity index (χ0) is 21.1. The van der Waals surface area contributed by atoms with Crippen LogP contribution in [0.15, 0.2) is 89.5 Å². The van der Waals surface area contributed by atoms with Crippen LogP contribution in [0, 0.1) is 5.82 Å². The van der Waals surface area contributed by atoms with E-state index in [0.717, 1.165) is 33.9 Å². The minimum atomic E-state index is -0.586. The van der Waals surface area contributed by atoms with E-state index in [-0.39, 0.29) is 11.3 Å².